The zero-order valence-corrected chi connectivity index (χ0v) is 10.3. The lowest BCUT2D eigenvalue weighted by molar-refractivity contribution is -0.138. The van der Waals surface area contributed by atoms with Crippen molar-refractivity contribution in [1.29, 1.82) is 0 Å². The van der Waals surface area contributed by atoms with Gasteiger partial charge in [-0.1, -0.05) is 26.0 Å². The highest BCUT2D eigenvalue weighted by Crippen LogP contribution is 2.35. The fourth-order valence-corrected chi connectivity index (χ4v) is 2.21. The van der Waals surface area contributed by atoms with Crippen molar-refractivity contribution in [3.8, 4) is 5.75 Å². The van der Waals surface area contributed by atoms with Crippen molar-refractivity contribution >= 4 is 5.97 Å². The standard InChI is InChI=1S/C14H18O3/c1-9(2)10-5-6-13-12(8-10)11(14(15)16)4-3-7-17-13/h5-6,8-9,11H,3-4,7H2,1-2H3,(H,15,16). The Labute approximate surface area is 101 Å². The van der Waals surface area contributed by atoms with Gasteiger partial charge in [0.15, 0.2) is 0 Å². The van der Waals surface area contributed by atoms with Crippen LogP contribution in [0.15, 0.2) is 18.2 Å². The number of rotatable bonds is 2. The van der Waals surface area contributed by atoms with Gasteiger partial charge in [0.2, 0.25) is 0 Å². The molecule has 0 spiro atoms. The Balaban J connectivity index is 2.46. The molecule has 0 fully saturated rings. The SMILES string of the molecule is CC(C)c1ccc2c(c1)C(C(=O)O)CCCO2. The third kappa shape index (κ3) is 2.43. The van der Waals surface area contributed by atoms with Crippen LogP contribution in [0.4, 0.5) is 0 Å². The molecular formula is C14H18O3. The van der Waals surface area contributed by atoms with Gasteiger partial charge in [0, 0.05) is 5.56 Å². The van der Waals surface area contributed by atoms with E-state index in [4.69, 9.17) is 4.74 Å². The topological polar surface area (TPSA) is 46.5 Å². The highest BCUT2D eigenvalue weighted by molar-refractivity contribution is 5.77. The Morgan fingerprint density at radius 2 is 2.24 bits per heavy atom. The fourth-order valence-electron chi connectivity index (χ4n) is 2.21. The van der Waals surface area contributed by atoms with Gasteiger partial charge >= 0.3 is 5.97 Å². The molecule has 1 aromatic rings. The summed E-state index contributed by atoms with van der Waals surface area (Å²) in [5, 5.41) is 9.28. The smallest absolute Gasteiger partial charge is 0.311 e. The Morgan fingerprint density at radius 1 is 1.47 bits per heavy atom. The minimum Gasteiger partial charge on any atom is -0.493 e. The van der Waals surface area contributed by atoms with Crippen LogP contribution in [0, 0.1) is 0 Å². The van der Waals surface area contributed by atoms with E-state index in [1.807, 2.05) is 18.2 Å². The lowest BCUT2D eigenvalue weighted by Crippen LogP contribution is -2.11. The molecule has 1 unspecified atom stereocenters. The molecule has 92 valence electrons. The molecule has 0 bridgehead atoms. The van der Waals surface area contributed by atoms with E-state index < -0.39 is 11.9 Å². The average molecular weight is 234 g/mol. The van der Waals surface area contributed by atoms with Crippen molar-refractivity contribution in [3.05, 3.63) is 29.3 Å². The molecule has 3 nitrogen and oxygen atoms in total. The maximum atomic E-state index is 11.3. The van der Waals surface area contributed by atoms with E-state index in [1.165, 1.54) is 5.56 Å². The third-order valence-electron chi connectivity index (χ3n) is 3.27. The molecule has 0 saturated carbocycles. The molecular weight excluding hydrogens is 216 g/mol. The van der Waals surface area contributed by atoms with E-state index in [9.17, 15) is 9.90 Å². The van der Waals surface area contributed by atoms with E-state index in [0.717, 1.165) is 17.7 Å². The Morgan fingerprint density at radius 3 is 2.88 bits per heavy atom. The summed E-state index contributed by atoms with van der Waals surface area (Å²) in [4.78, 5) is 11.3. The first-order valence-electron chi connectivity index (χ1n) is 6.09. The number of hydrogen-bond donors (Lipinski definition) is 1. The van der Waals surface area contributed by atoms with Crippen molar-refractivity contribution in [3.63, 3.8) is 0 Å². The van der Waals surface area contributed by atoms with E-state index in [2.05, 4.69) is 13.8 Å². The van der Waals surface area contributed by atoms with Gasteiger partial charge in [-0.2, -0.15) is 0 Å². The summed E-state index contributed by atoms with van der Waals surface area (Å²) in [5.74, 6) is -0.0406. The summed E-state index contributed by atoms with van der Waals surface area (Å²) in [6.07, 6.45) is 1.45. The number of carbonyl (C=O) groups is 1. The van der Waals surface area contributed by atoms with Crippen LogP contribution in [0.3, 0.4) is 0 Å². The summed E-state index contributed by atoms with van der Waals surface area (Å²) < 4.78 is 5.60. The van der Waals surface area contributed by atoms with Gasteiger partial charge in [-0.05, 0) is 30.4 Å². The molecule has 0 aliphatic carbocycles. The van der Waals surface area contributed by atoms with Crippen LogP contribution in [0.2, 0.25) is 0 Å². The number of ether oxygens (including phenoxy) is 1. The van der Waals surface area contributed by atoms with Crippen LogP contribution < -0.4 is 4.74 Å². The molecule has 0 radical (unpaired) electrons. The van der Waals surface area contributed by atoms with E-state index >= 15 is 0 Å². The Hall–Kier alpha value is -1.51. The zero-order chi connectivity index (χ0) is 12.4. The molecule has 1 aliphatic rings. The van der Waals surface area contributed by atoms with E-state index in [-0.39, 0.29) is 0 Å². The third-order valence-corrected chi connectivity index (χ3v) is 3.27. The van der Waals surface area contributed by atoms with E-state index in [0.29, 0.717) is 18.9 Å². The minimum atomic E-state index is -0.752. The first kappa shape index (κ1) is 12.0. The molecule has 2 rings (SSSR count). The first-order valence-corrected chi connectivity index (χ1v) is 6.09. The van der Waals surface area contributed by atoms with Crippen LogP contribution in [0.25, 0.3) is 0 Å². The lowest BCUT2D eigenvalue weighted by atomic mass is 9.91. The summed E-state index contributed by atoms with van der Waals surface area (Å²) in [5.41, 5.74) is 2.00. The average Bonchev–Trinajstić information content (AvgIpc) is 2.49. The largest absolute Gasteiger partial charge is 0.493 e. The molecule has 0 aromatic heterocycles. The number of fused-ring (bicyclic) bond motifs is 1. The van der Waals surface area contributed by atoms with Gasteiger partial charge in [-0.3, -0.25) is 4.79 Å². The molecule has 1 heterocycles. The second kappa shape index (κ2) is 4.78. The maximum absolute atomic E-state index is 11.3. The van der Waals surface area contributed by atoms with Gasteiger partial charge in [-0.25, -0.2) is 0 Å². The van der Waals surface area contributed by atoms with E-state index in [1.54, 1.807) is 0 Å². The minimum absolute atomic E-state index is 0.401. The quantitative estimate of drug-likeness (QED) is 0.855. The predicted octanol–water partition coefficient (Wildman–Crippen LogP) is 3.15. The van der Waals surface area contributed by atoms with Gasteiger partial charge in [-0.15, -0.1) is 0 Å². The second-order valence-electron chi connectivity index (χ2n) is 4.83. The maximum Gasteiger partial charge on any atom is 0.311 e. The number of aliphatic carboxylic acids is 1. The van der Waals surface area contributed by atoms with Crippen molar-refractivity contribution in [2.24, 2.45) is 0 Å². The summed E-state index contributed by atoms with van der Waals surface area (Å²) in [6, 6.07) is 5.92. The molecule has 1 aliphatic heterocycles. The summed E-state index contributed by atoms with van der Waals surface area (Å²) in [7, 11) is 0. The number of benzene rings is 1. The normalized spacial score (nSPS) is 19.4. The van der Waals surface area contributed by atoms with Gasteiger partial charge in [0.05, 0.1) is 12.5 Å². The van der Waals surface area contributed by atoms with Gasteiger partial charge in [0.1, 0.15) is 5.75 Å². The highest BCUT2D eigenvalue weighted by atomic mass is 16.5. The van der Waals surface area contributed by atoms with Gasteiger partial charge < -0.3 is 9.84 Å². The number of carboxylic acids is 1. The van der Waals surface area contributed by atoms with Crippen LogP contribution in [0.1, 0.15) is 49.7 Å². The molecule has 0 saturated heterocycles. The predicted molar refractivity (Wildman–Crippen MR) is 65.6 cm³/mol. The monoisotopic (exact) mass is 234 g/mol. The Bertz CT molecular complexity index is 423. The Kier molecular flexibility index (Phi) is 3.36. The zero-order valence-electron chi connectivity index (χ0n) is 10.3. The lowest BCUT2D eigenvalue weighted by Gasteiger charge is -2.15. The van der Waals surface area contributed by atoms with Gasteiger partial charge in [0.25, 0.3) is 0 Å². The summed E-state index contributed by atoms with van der Waals surface area (Å²) in [6.45, 7) is 4.82. The first-order chi connectivity index (χ1) is 8.09. The van der Waals surface area contributed by atoms with Crippen LogP contribution in [-0.4, -0.2) is 17.7 Å². The molecule has 1 N–H and O–H groups in total. The second-order valence-corrected chi connectivity index (χ2v) is 4.83. The van der Waals surface area contributed by atoms with Crippen molar-refractivity contribution < 1.29 is 14.6 Å². The van der Waals surface area contributed by atoms with Crippen LogP contribution >= 0.6 is 0 Å². The molecule has 17 heavy (non-hydrogen) atoms. The highest BCUT2D eigenvalue weighted by Gasteiger charge is 2.26. The van der Waals surface area contributed by atoms with Crippen molar-refractivity contribution in [1.82, 2.24) is 0 Å². The molecule has 1 aromatic carbocycles. The number of hydrogen-bond acceptors (Lipinski definition) is 2. The molecule has 0 amide bonds. The van der Waals surface area contributed by atoms with Crippen LogP contribution in [-0.2, 0) is 4.79 Å². The molecule has 1 atom stereocenters. The van der Waals surface area contributed by atoms with Crippen molar-refractivity contribution in [2.45, 2.75) is 38.5 Å². The number of carboxylic acid groups (broad SMARTS) is 1. The summed E-state index contributed by atoms with van der Waals surface area (Å²) >= 11 is 0. The fraction of sp³-hybridized carbons (Fsp3) is 0.500. The van der Waals surface area contributed by atoms with Crippen molar-refractivity contribution in [2.75, 3.05) is 6.61 Å². The van der Waals surface area contributed by atoms with Crippen LogP contribution in [0.5, 0.6) is 5.75 Å². The molecule has 3 heteroatoms.